The average molecular weight is 341 g/mol. The highest BCUT2D eigenvalue weighted by Gasteiger charge is 2.22. The van der Waals surface area contributed by atoms with E-state index in [1.807, 2.05) is 6.92 Å². The van der Waals surface area contributed by atoms with Gasteiger partial charge in [0.2, 0.25) is 5.43 Å². The first kappa shape index (κ1) is 13.6. The molecule has 20 heavy (non-hydrogen) atoms. The third-order valence-corrected chi connectivity index (χ3v) is 4.20. The molecule has 1 fully saturated rings. The minimum atomic E-state index is -0.00695. The summed E-state index contributed by atoms with van der Waals surface area (Å²) in [5, 5.41) is 4.33. The summed E-state index contributed by atoms with van der Waals surface area (Å²) < 4.78 is 7.83. The molecule has 0 aliphatic carbocycles. The summed E-state index contributed by atoms with van der Waals surface area (Å²) in [6.45, 7) is 6.86. The molecule has 1 aliphatic rings. The number of anilines is 1. The number of hydrogen-bond acceptors (Lipinski definition) is 4. The quantitative estimate of drug-likeness (QED) is 0.904. The fourth-order valence-electron chi connectivity index (χ4n) is 2.62. The highest BCUT2D eigenvalue weighted by atomic mass is 79.9. The van der Waals surface area contributed by atoms with Crippen molar-refractivity contribution in [3.63, 3.8) is 0 Å². The molecule has 2 aromatic heterocycles. The number of pyridine rings is 1. The molecule has 108 valence electrons. The third kappa shape index (κ3) is 2.14. The number of nitrogens with zero attached hydrogens (tertiary/aromatic N) is 3. The molecule has 0 bridgehead atoms. The fraction of sp³-hybridized carbons (Fsp3) is 0.538. The van der Waals surface area contributed by atoms with Crippen LogP contribution in [0.25, 0.3) is 11.0 Å². The first-order valence-corrected chi connectivity index (χ1v) is 7.54. The Kier molecular flexibility index (Phi) is 3.55. The Labute approximate surface area is 124 Å². The smallest absolute Gasteiger partial charge is 0.209 e. The minimum Gasteiger partial charge on any atom is -0.377 e. The molecule has 0 aromatic carbocycles. The maximum absolute atomic E-state index is 12.4. The van der Waals surface area contributed by atoms with E-state index in [0.717, 1.165) is 17.9 Å². The van der Waals surface area contributed by atoms with Gasteiger partial charge in [-0.25, -0.2) is 0 Å². The normalized spacial score (nSPS) is 19.8. The topological polar surface area (TPSA) is 63.1 Å². The van der Waals surface area contributed by atoms with Crippen LogP contribution in [-0.4, -0.2) is 40.6 Å². The lowest BCUT2D eigenvalue weighted by molar-refractivity contribution is 0.0985. The van der Waals surface area contributed by atoms with Crippen LogP contribution in [-0.2, 0) is 11.3 Å². The van der Waals surface area contributed by atoms with Gasteiger partial charge in [-0.15, -0.1) is 0 Å². The molecule has 3 heterocycles. The summed E-state index contributed by atoms with van der Waals surface area (Å²) in [6, 6.07) is 1.90. The monoisotopic (exact) mass is 340 g/mol. The van der Waals surface area contributed by atoms with Crippen LogP contribution in [0.3, 0.4) is 0 Å². The van der Waals surface area contributed by atoms with Gasteiger partial charge >= 0.3 is 0 Å². The van der Waals surface area contributed by atoms with E-state index in [9.17, 15) is 4.79 Å². The van der Waals surface area contributed by atoms with E-state index in [-0.39, 0.29) is 11.5 Å². The van der Waals surface area contributed by atoms with Gasteiger partial charge in [0.15, 0.2) is 4.60 Å². The maximum Gasteiger partial charge on any atom is 0.209 e. The summed E-state index contributed by atoms with van der Waals surface area (Å²) in [6.07, 6.45) is 0. The number of morpholine rings is 1. The lowest BCUT2D eigenvalue weighted by atomic mass is 10.2. The molecule has 0 spiro atoms. The number of aromatic amines is 1. The molecule has 1 aliphatic heterocycles. The Morgan fingerprint density at radius 2 is 2.40 bits per heavy atom. The van der Waals surface area contributed by atoms with Crippen LogP contribution in [0.5, 0.6) is 0 Å². The van der Waals surface area contributed by atoms with E-state index in [0.29, 0.717) is 29.9 Å². The van der Waals surface area contributed by atoms with Gasteiger partial charge in [-0.3, -0.25) is 9.48 Å². The zero-order valence-corrected chi connectivity index (χ0v) is 13.1. The number of halogens is 1. The van der Waals surface area contributed by atoms with Crippen molar-refractivity contribution in [1.29, 1.82) is 0 Å². The second-order valence-corrected chi connectivity index (χ2v) is 5.72. The van der Waals surface area contributed by atoms with Crippen molar-refractivity contribution in [2.24, 2.45) is 0 Å². The molecular weight excluding hydrogens is 324 g/mol. The van der Waals surface area contributed by atoms with Crippen LogP contribution in [0.2, 0.25) is 0 Å². The molecule has 0 amide bonds. The Balaban J connectivity index is 2.14. The molecule has 1 N–H and O–H groups in total. The fourth-order valence-corrected chi connectivity index (χ4v) is 3.10. The standard InChI is InChI=1S/C13H17BrN4O2/c1-3-18-12-9(19)6-10(15-11(12)13(14)16-18)17-4-5-20-7-8(17)2/h6,8H,3-5,7H2,1-2H3,(H,15,19)/t8-/m1/s1. The number of nitrogens with one attached hydrogen (secondary N) is 1. The van der Waals surface area contributed by atoms with Gasteiger partial charge in [-0.2, -0.15) is 5.10 Å². The minimum absolute atomic E-state index is 0.00695. The van der Waals surface area contributed by atoms with Crippen LogP contribution in [0.1, 0.15) is 13.8 Å². The number of rotatable bonds is 2. The van der Waals surface area contributed by atoms with Gasteiger partial charge in [0.1, 0.15) is 16.9 Å². The number of hydrogen-bond donors (Lipinski definition) is 1. The van der Waals surface area contributed by atoms with E-state index in [1.54, 1.807) is 10.7 Å². The number of aromatic nitrogens is 3. The van der Waals surface area contributed by atoms with Gasteiger partial charge < -0.3 is 14.6 Å². The predicted octanol–water partition coefficient (Wildman–Crippen LogP) is 1.73. The van der Waals surface area contributed by atoms with Crippen molar-refractivity contribution >= 4 is 32.8 Å². The molecule has 1 saturated heterocycles. The number of aryl methyl sites for hydroxylation is 1. The Bertz CT molecular complexity index is 693. The Morgan fingerprint density at radius 1 is 1.60 bits per heavy atom. The van der Waals surface area contributed by atoms with Crippen molar-refractivity contribution in [2.75, 3.05) is 24.7 Å². The molecule has 0 radical (unpaired) electrons. The van der Waals surface area contributed by atoms with Gasteiger partial charge in [0.25, 0.3) is 0 Å². The van der Waals surface area contributed by atoms with Crippen LogP contribution in [0, 0.1) is 0 Å². The van der Waals surface area contributed by atoms with Crippen LogP contribution in [0.4, 0.5) is 5.82 Å². The van der Waals surface area contributed by atoms with Crippen LogP contribution < -0.4 is 10.3 Å². The Hall–Kier alpha value is -1.34. The lowest BCUT2D eigenvalue weighted by Gasteiger charge is -2.34. The molecular formula is C13H17BrN4O2. The molecule has 1 atom stereocenters. The van der Waals surface area contributed by atoms with Crippen LogP contribution >= 0.6 is 15.9 Å². The summed E-state index contributed by atoms with van der Waals surface area (Å²) in [7, 11) is 0. The van der Waals surface area contributed by atoms with E-state index in [2.05, 4.69) is 37.8 Å². The maximum atomic E-state index is 12.4. The van der Waals surface area contributed by atoms with E-state index in [4.69, 9.17) is 4.74 Å². The second-order valence-electron chi connectivity index (χ2n) is 4.97. The largest absolute Gasteiger partial charge is 0.377 e. The summed E-state index contributed by atoms with van der Waals surface area (Å²) >= 11 is 3.42. The number of fused-ring (bicyclic) bond motifs is 1. The molecule has 7 heteroatoms. The lowest BCUT2D eigenvalue weighted by Crippen LogP contribution is -2.44. The van der Waals surface area contributed by atoms with Crippen molar-refractivity contribution in [2.45, 2.75) is 26.4 Å². The Morgan fingerprint density at radius 3 is 3.10 bits per heavy atom. The average Bonchev–Trinajstić information content (AvgIpc) is 2.76. The molecule has 6 nitrogen and oxygen atoms in total. The highest BCUT2D eigenvalue weighted by Crippen LogP contribution is 2.23. The van der Waals surface area contributed by atoms with Crippen molar-refractivity contribution in [3.05, 3.63) is 20.9 Å². The van der Waals surface area contributed by atoms with E-state index >= 15 is 0 Å². The summed E-state index contributed by atoms with van der Waals surface area (Å²) in [4.78, 5) is 17.9. The van der Waals surface area contributed by atoms with Crippen molar-refractivity contribution < 1.29 is 4.74 Å². The van der Waals surface area contributed by atoms with Gasteiger partial charge in [-0.1, -0.05) is 0 Å². The van der Waals surface area contributed by atoms with Crippen molar-refractivity contribution in [3.8, 4) is 0 Å². The van der Waals surface area contributed by atoms with Gasteiger partial charge in [0.05, 0.1) is 19.3 Å². The van der Waals surface area contributed by atoms with Crippen molar-refractivity contribution in [1.82, 2.24) is 14.8 Å². The third-order valence-electron chi connectivity index (χ3n) is 3.64. The van der Waals surface area contributed by atoms with E-state index in [1.165, 1.54) is 0 Å². The second kappa shape index (κ2) is 5.21. The number of H-pyrrole nitrogens is 1. The summed E-state index contributed by atoms with van der Waals surface area (Å²) in [5.41, 5.74) is 1.37. The first-order valence-electron chi connectivity index (χ1n) is 6.75. The SMILES string of the molecule is CCn1nc(Br)c2[nH]c(N3CCOC[C@H]3C)cc(=O)c21. The molecule has 0 saturated carbocycles. The van der Waals surface area contributed by atoms with Gasteiger partial charge in [0, 0.05) is 19.2 Å². The predicted molar refractivity (Wildman–Crippen MR) is 81.4 cm³/mol. The molecule has 3 rings (SSSR count). The van der Waals surface area contributed by atoms with E-state index < -0.39 is 0 Å². The zero-order valence-electron chi connectivity index (χ0n) is 11.5. The summed E-state index contributed by atoms with van der Waals surface area (Å²) in [5.74, 6) is 0.828. The highest BCUT2D eigenvalue weighted by molar-refractivity contribution is 9.10. The molecule has 0 unspecified atom stereocenters. The number of ether oxygens (including phenoxy) is 1. The zero-order chi connectivity index (χ0) is 14.3. The van der Waals surface area contributed by atoms with Gasteiger partial charge in [-0.05, 0) is 29.8 Å². The van der Waals surface area contributed by atoms with Crippen LogP contribution in [0.15, 0.2) is 15.5 Å². The first-order chi connectivity index (χ1) is 9.61. The molecule has 2 aromatic rings.